The molecule has 0 spiro atoms. The van der Waals surface area contributed by atoms with Crippen LogP contribution in [0.3, 0.4) is 0 Å². The van der Waals surface area contributed by atoms with Crippen molar-refractivity contribution < 1.29 is 20.4 Å². The molecule has 0 bridgehead atoms. The van der Waals surface area contributed by atoms with Crippen LogP contribution in [0.15, 0.2) is 72.8 Å². The first-order valence-corrected chi connectivity index (χ1v) is 12.1. The quantitative estimate of drug-likeness (QED) is 0.264. The van der Waals surface area contributed by atoms with Crippen LogP contribution in [0, 0.1) is 0 Å². The molecule has 0 amide bonds. The third-order valence-electron chi connectivity index (χ3n) is 7.46. The molecular formula is C31H30O4. The summed E-state index contributed by atoms with van der Waals surface area (Å²) in [6.45, 7) is 3.43. The van der Waals surface area contributed by atoms with Crippen LogP contribution >= 0.6 is 0 Å². The summed E-state index contributed by atoms with van der Waals surface area (Å²) in [6, 6.07) is 24.5. The molecular weight excluding hydrogens is 436 g/mol. The molecule has 0 saturated carbocycles. The highest BCUT2D eigenvalue weighted by molar-refractivity contribution is 5.86. The number of aliphatic hydroxyl groups excluding tert-OH is 2. The molecule has 0 saturated heterocycles. The Hall–Kier alpha value is -3.60. The Morgan fingerprint density at radius 1 is 0.571 bits per heavy atom. The maximum absolute atomic E-state index is 10.8. The van der Waals surface area contributed by atoms with Crippen molar-refractivity contribution in [2.75, 3.05) is 0 Å². The lowest BCUT2D eigenvalue weighted by Crippen LogP contribution is -2.29. The van der Waals surface area contributed by atoms with E-state index in [0.717, 1.165) is 44.5 Å². The largest absolute Gasteiger partial charge is 0.507 e. The fourth-order valence-corrected chi connectivity index (χ4v) is 5.76. The number of aryl methyl sites for hydroxylation is 2. The van der Waals surface area contributed by atoms with E-state index in [1.165, 1.54) is 0 Å². The highest BCUT2D eigenvalue weighted by atomic mass is 16.3. The molecule has 35 heavy (non-hydrogen) atoms. The van der Waals surface area contributed by atoms with Crippen molar-refractivity contribution in [3.8, 4) is 22.6 Å². The van der Waals surface area contributed by atoms with Gasteiger partial charge < -0.3 is 20.4 Å². The number of hydrogen-bond acceptors (Lipinski definition) is 4. The average Bonchev–Trinajstić information content (AvgIpc) is 3.20. The van der Waals surface area contributed by atoms with Crippen LogP contribution in [-0.2, 0) is 31.5 Å². The van der Waals surface area contributed by atoms with E-state index in [1.807, 2.05) is 62.4 Å². The molecule has 4 aromatic carbocycles. The molecule has 4 N–H and O–H groups in total. The Bertz CT molecular complexity index is 1260. The minimum atomic E-state index is -0.754. The molecule has 0 atom stereocenters. The lowest BCUT2D eigenvalue weighted by atomic mass is 9.66. The van der Waals surface area contributed by atoms with Crippen molar-refractivity contribution in [1.82, 2.24) is 0 Å². The third kappa shape index (κ3) is 3.28. The van der Waals surface area contributed by atoms with Gasteiger partial charge in [-0.05, 0) is 69.5 Å². The zero-order valence-corrected chi connectivity index (χ0v) is 20.0. The number of rotatable bonds is 6. The molecule has 0 fully saturated rings. The maximum atomic E-state index is 10.8. The average molecular weight is 467 g/mol. The normalized spacial score (nSPS) is 13.5. The second kappa shape index (κ2) is 8.88. The van der Waals surface area contributed by atoms with Gasteiger partial charge in [0.05, 0.1) is 18.6 Å². The zero-order valence-electron chi connectivity index (χ0n) is 20.0. The van der Waals surface area contributed by atoms with Crippen molar-refractivity contribution in [3.05, 3.63) is 117 Å². The third-order valence-corrected chi connectivity index (χ3v) is 7.46. The van der Waals surface area contributed by atoms with E-state index in [-0.39, 0.29) is 24.7 Å². The smallest absolute Gasteiger partial charge is 0.124 e. The second-order valence-corrected chi connectivity index (χ2v) is 9.15. The van der Waals surface area contributed by atoms with Gasteiger partial charge in [-0.3, -0.25) is 0 Å². The van der Waals surface area contributed by atoms with E-state index in [1.54, 1.807) is 0 Å². The number of aliphatic hydroxyl groups is 2. The van der Waals surface area contributed by atoms with Gasteiger partial charge in [0.15, 0.2) is 0 Å². The molecule has 0 heterocycles. The van der Waals surface area contributed by atoms with E-state index in [4.69, 9.17) is 0 Å². The molecule has 1 aliphatic rings. The monoisotopic (exact) mass is 466 g/mol. The Balaban J connectivity index is 1.99. The molecule has 0 unspecified atom stereocenters. The fraction of sp³-hybridized carbons (Fsp3) is 0.226. The SMILES string of the molecule is CCc1cc(C2(c3cc(CC)c(O)c(CO)c3)c3ccccc3-c3ccccc32)cc(CO)c1O. The van der Waals surface area contributed by atoms with E-state index < -0.39 is 5.41 Å². The predicted octanol–water partition coefficient (Wildman–Crippen LogP) is 5.57. The lowest BCUT2D eigenvalue weighted by Gasteiger charge is -2.35. The van der Waals surface area contributed by atoms with Gasteiger partial charge in [0.1, 0.15) is 11.5 Å². The first-order chi connectivity index (χ1) is 17.0. The molecule has 0 aliphatic heterocycles. The Morgan fingerprint density at radius 2 is 0.943 bits per heavy atom. The molecule has 4 nitrogen and oxygen atoms in total. The van der Waals surface area contributed by atoms with Crippen LogP contribution in [-0.4, -0.2) is 20.4 Å². The number of benzene rings is 4. The zero-order chi connectivity index (χ0) is 24.7. The first kappa shape index (κ1) is 23.2. The Morgan fingerprint density at radius 3 is 1.31 bits per heavy atom. The summed E-state index contributed by atoms with van der Waals surface area (Å²) >= 11 is 0. The van der Waals surface area contributed by atoms with Crippen LogP contribution in [0.2, 0.25) is 0 Å². The summed E-state index contributed by atoms with van der Waals surface area (Å²) in [5, 5.41) is 41.8. The Kier molecular flexibility index (Phi) is 5.87. The minimum absolute atomic E-state index is 0.129. The van der Waals surface area contributed by atoms with E-state index in [0.29, 0.717) is 24.0 Å². The summed E-state index contributed by atoms with van der Waals surface area (Å²) in [7, 11) is 0. The van der Waals surface area contributed by atoms with Gasteiger partial charge in [0, 0.05) is 11.1 Å². The van der Waals surface area contributed by atoms with Crippen molar-refractivity contribution in [2.24, 2.45) is 0 Å². The van der Waals surface area contributed by atoms with Gasteiger partial charge in [-0.1, -0.05) is 74.5 Å². The van der Waals surface area contributed by atoms with Gasteiger partial charge in [-0.25, -0.2) is 0 Å². The summed E-state index contributed by atoms with van der Waals surface area (Å²) in [5.74, 6) is 0.258. The topological polar surface area (TPSA) is 80.9 Å². The Labute approximate surface area is 205 Å². The number of aromatic hydroxyl groups is 2. The van der Waals surface area contributed by atoms with E-state index >= 15 is 0 Å². The van der Waals surface area contributed by atoms with Crippen LogP contribution < -0.4 is 0 Å². The highest BCUT2D eigenvalue weighted by Crippen LogP contribution is 2.57. The number of hydrogen-bond donors (Lipinski definition) is 4. The van der Waals surface area contributed by atoms with Gasteiger partial charge in [0.2, 0.25) is 0 Å². The minimum Gasteiger partial charge on any atom is -0.507 e. The van der Waals surface area contributed by atoms with Crippen molar-refractivity contribution in [1.29, 1.82) is 0 Å². The predicted molar refractivity (Wildman–Crippen MR) is 138 cm³/mol. The molecule has 178 valence electrons. The van der Waals surface area contributed by atoms with Crippen LogP contribution in [0.1, 0.15) is 58.4 Å². The molecule has 4 aromatic rings. The van der Waals surface area contributed by atoms with Crippen molar-refractivity contribution in [2.45, 2.75) is 45.3 Å². The van der Waals surface area contributed by atoms with Crippen LogP contribution in [0.25, 0.3) is 11.1 Å². The molecule has 0 aromatic heterocycles. The summed E-state index contributed by atoms with van der Waals surface area (Å²) < 4.78 is 0. The van der Waals surface area contributed by atoms with Gasteiger partial charge in [-0.2, -0.15) is 0 Å². The summed E-state index contributed by atoms with van der Waals surface area (Å²) in [5.41, 5.74) is 8.05. The highest BCUT2D eigenvalue weighted by Gasteiger charge is 2.46. The standard InChI is InChI=1S/C31H30O4/c1-3-19-13-23(15-21(17-32)29(19)34)31(24-14-20(4-2)30(35)22(16-24)18-33)27-11-7-5-9-25(27)26-10-6-8-12-28(26)31/h5-16,32-35H,3-4,17-18H2,1-2H3. The van der Waals surface area contributed by atoms with Crippen LogP contribution in [0.4, 0.5) is 0 Å². The summed E-state index contributed by atoms with van der Waals surface area (Å²) in [4.78, 5) is 0. The van der Waals surface area contributed by atoms with Crippen molar-refractivity contribution in [3.63, 3.8) is 0 Å². The first-order valence-electron chi connectivity index (χ1n) is 12.1. The number of phenols is 2. The van der Waals surface area contributed by atoms with E-state index in [2.05, 4.69) is 24.3 Å². The van der Waals surface area contributed by atoms with Crippen LogP contribution in [0.5, 0.6) is 11.5 Å². The maximum Gasteiger partial charge on any atom is 0.124 e. The lowest BCUT2D eigenvalue weighted by molar-refractivity contribution is 0.275. The molecule has 5 rings (SSSR count). The fourth-order valence-electron chi connectivity index (χ4n) is 5.76. The second-order valence-electron chi connectivity index (χ2n) is 9.15. The van der Waals surface area contributed by atoms with E-state index in [9.17, 15) is 20.4 Å². The number of fused-ring (bicyclic) bond motifs is 3. The molecule has 1 aliphatic carbocycles. The van der Waals surface area contributed by atoms with Gasteiger partial charge in [-0.15, -0.1) is 0 Å². The van der Waals surface area contributed by atoms with Crippen molar-refractivity contribution >= 4 is 0 Å². The molecule has 4 heteroatoms. The summed E-state index contributed by atoms with van der Waals surface area (Å²) in [6.07, 6.45) is 1.23. The van der Waals surface area contributed by atoms with Gasteiger partial charge in [0.25, 0.3) is 0 Å². The molecule has 0 radical (unpaired) electrons. The van der Waals surface area contributed by atoms with Gasteiger partial charge >= 0.3 is 0 Å².